The molecule has 0 radical (unpaired) electrons. The van der Waals surface area contributed by atoms with Crippen LogP contribution in [0.15, 0.2) is 85.7 Å². The van der Waals surface area contributed by atoms with Gasteiger partial charge in [-0.25, -0.2) is 10.1 Å². The van der Waals surface area contributed by atoms with Gasteiger partial charge in [-0.3, -0.25) is 0 Å². The molecule has 2 N–H and O–H groups in total. The summed E-state index contributed by atoms with van der Waals surface area (Å²) in [5, 5.41) is 12.1. The van der Waals surface area contributed by atoms with E-state index in [0.29, 0.717) is 0 Å². The third-order valence-corrected chi connectivity index (χ3v) is 2.56. The highest BCUT2D eigenvalue weighted by molar-refractivity contribution is 5.62. The van der Waals surface area contributed by atoms with Crippen LogP contribution in [-0.2, 0) is 0 Å². The highest BCUT2D eigenvalue weighted by Crippen LogP contribution is 2.17. The van der Waals surface area contributed by atoms with Gasteiger partial charge in [-0.1, -0.05) is 60.7 Å². The monoisotopic (exact) mass is 292 g/mol. The summed E-state index contributed by atoms with van der Waals surface area (Å²) in [6.45, 7) is 0. The average molecular weight is 292 g/mol. The number of aromatic amines is 2. The lowest BCUT2D eigenvalue weighted by Gasteiger charge is -1.98. The van der Waals surface area contributed by atoms with Crippen molar-refractivity contribution >= 4 is 0 Å². The Morgan fingerprint density at radius 1 is 0.727 bits per heavy atom. The van der Waals surface area contributed by atoms with E-state index in [9.17, 15) is 0 Å². The second kappa shape index (κ2) is 9.60. The van der Waals surface area contributed by atoms with Crippen LogP contribution in [0.5, 0.6) is 0 Å². The van der Waals surface area contributed by atoms with E-state index in [0.717, 1.165) is 0 Å². The van der Waals surface area contributed by atoms with Crippen molar-refractivity contribution in [1.29, 1.82) is 0 Å². The molecule has 6 heteroatoms. The number of nitrogens with one attached hydrogen (secondary N) is 2. The molecule has 0 unspecified atom stereocenters. The Labute approximate surface area is 128 Å². The molecule has 0 aliphatic rings. The van der Waals surface area contributed by atoms with E-state index in [1.54, 1.807) is 18.7 Å². The summed E-state index contributed by atoms with van der Waals surface area (Å²) in [5.74, 6) is 0. The van der Waals surface area contributed by atoms with Gasteiger partial charge in [0.25, 0.3) is 0 Å². The predicted octanol–water partition coefficient (Wildman–Crippen LogP) is 2.96. The number of hydrogen-bond acceptors (Lipinski definition) is 4. The second-order valence-corrected chi connectivity index (χ2v) is 4.06. The number of nitrogens with zero attached hydrogens (tertiary/aromatic N) is 4. The number of aromatic nitrogens is 6. The van der Waals surface area contributed by atoms with Crippen LogP contribution in [0.4, 0.5) is 0 Å². The van der Waals surface area contributed by atoms with Gasteiger partial charge in [0.2, 0.25) is 0 Å². The molecule has 0 fully saturated rings. The molecule has 0 amide bonds. The van der Waals surface area contributed by atoms with Crippen LogP contribution in [-0.4, -0.2) is 30.6 Å². The first-order valence-corrected chi connectivity index (χ1v) is 6.67. The number of hydrogen-bond donors (Lipinski definition) is 2. The topological polar surface area (TPSA) is 83.1 Å². The summed E-state index contributed by atoms with van der Waals surface area (Å²) in [4.78, 5) is 6.42. The lowest BCUT2D eigenvalue weighted by molar-refractivity contribution is 0.881. The van der Waals surface area contributed by atoms with E-state index in [4.69, 9.17) is 0 Å². The van der Waals surface area contributed by atoms with Crippen molar-refractivity contribution in [3.05, 3.63) is 85.7 Å². The van der Waals surface area contributed by atoms with Gasteiger partial charge in [-0.15, -0.1) is 5.10 Å². The molecule has 0 aliphatic heterocycles. The normalized spacial score (nSPS) is 8.91. The van der Waals surface area contributed by atoms with Crippen LogP contribution >= 0.6 is 0 Å². The summed E-state index contributed by atoms with van der Waals surface area (Å²) >= 11 is 0. The lowest BCUT2D eigenvalue weighted by Crippen LogP contribution is -1.73. The molecule has 22 heavy (non-hydrogen) atoms. The first kappa shape index (κ1) is 15.1. The Bertz CT molecular complexity index is 580. The van der Waals surface area contributed by atoms with Crippen LogP contribution in [0.25, 0.3) is 11.1 Å². The SMILES string of the molecule is c1c[nH]cn1.c1ccc(-c2ccccc2)cc1.c1nnn[nH]1. The van der Waals surface area contributed by atoms with Gasteiger partial charge < -0.3 is 4.98 Å². The van der Waals surface area contributed by atoms with Gasteiger partial charge in [-0.2, -0.15) is 0 Å². The molecule has 0 saturated carbocycles. The zero-order chi connectivity index (χ0) is 15.3. The molecule has 4 rings (SSSR count). The van der Waals surface area contributed by atoms with E-state index in [1.807, 2.05) is 12.1 Å². The molecular formula is C16H16N6. The number of imidazole rings is 1. The van der Waals surface area contributed by atoms with Crippen LogP contribution in [0.1, 0.15) is 0 Å². The van der Waals surface area contributed by atoms with Crippen molar-refractivity contribution in [3.63, 3.8) is 0 Å². The fourth-order valence-corrected chi connectivity index (χ4v) is 1.61. The summed E-state index contributed by atoms with van der Waals surface area (Å²) in [6, 6.07) is 20.8. The predicted molar refractivity (Wildman–Crippen MR) is 84.6 cm³/mol. The van der Waals surface area contributed by atoms with Gasteiger partial charge in [0.1, 0.15) is 6.33 Å². The fraction of sp³-hybridized carbons (Fsp3) is 0. The minimum absolute atomic E-state index is 1.28. The Hall–Kier alpha value is -3.28. The van der Waals surface area contributed by atoms with E-state index in [-0.39, 0.29) is 0 Å². The van der Waals surface area contributed by atoms with Gasteiger partial charge in [-0.05, 0) is 21.6 Å². The van der Waals surface area contributed by atoms with E-state index in [1.165, 1.54) is 17.5 Å². The first-order chi connectivity index (χ1) is 11.0. The third-order valence-electron chi connectivity index (χ3n) is 2.56. The molecule has 0 saturated heterocycles. The standard InChI is InChI=1S/C12H10.C3H4N2.CH2N4/c1-3-7-11(8-4-1)12-9-5-2-6-10-12;1-2-5-3-4-1;1-2-4-5-3-1/h1-10H;1-3H,(H,4,5);1H,(H,2,3,4,5). The Morgan fingerprint density at radius 2 is 1.36 bits per heavy atom. The van der Waals surface area contributed by atoms with Crippen LogP contribution in [0.2, 0.25) is 0 Å². The Balaban J connectivity index is 0.000000145. The van der Waals surface area contributed by atoms with Crippen LogP contribution in [0.3, 0.4) is 0 Å². The summed E-state index contributed by atoms with van der Waals surface area (Å²) in [7, 11) is 0. The zero-order valence-corrected chi connectivity index (χ0v) is 11.9. The molecule has 2 heterocycles. The Morgan fingerprint density at radius 3 is 1.64 bits per heavy atom. The lowest BCUT2D eigenvalue weighted by atomic mass is 10.1. The minimum Gasteiger partial charge on any atom is -0.351 e. The molecule has 110 valence electrons. The molecule has 0 aliphatic carbocycles. The number of benzene rings is 2. The van der Waals surface area contributed by atoms with Gasteiger partial charge in [0, 0.05) is 12.4 Å². The Kier molecular flexibility index (Phi) is 6.59. The maximum Gasteiger partial charge on any atom is 0.135 e. The second-order valence-electron chi connectivity index (χ2n) is 4.06. The van der Waals surface area contributed by atoms with Crippen LogP contribution < -0.4 is 0 Å². The minimum atomic E-state index is 1.28. The van der Waals surface area contributed by atoms with Crippen molar-refractivity contribution in [2.75, 3.05) is 0 Å². The zero-order valence-electron chi connectivity index (χ0n) is 11.9. The summed E-state index contributed by atoms with van der Waals surface area (Å²) in [6.07, 6.45) is 6.49. The maximum atomic E-state index is 3.67. The van der Waals surface area contributed by atoms with E-state index < -0.39 is 0 Å². The quantitative estimate of drug-likeness (QED) is 0.565. The van der Waals surface area contributed by atoms with E-state index >= 15 is 0 Å². The molecule has 0 spiro atoms. The van der Waals surface area contributed by atoms with E-state index in [2.05, 4.69) is 79.1 Å². The van der Waals surface area contributed by atoms with Crippen molar-refractivity contribution in [1.82, 2.24) is 30.6 Å². The van der Waals surface area contributed by atoms with Crippen molar-refractivity contribution in [2.45, 2.75) is 0 Å². The first-order valence-electron chi connectivity index (χ1n) is 6.67. The van der Waals surface area contributed by atoms with Crippen LogP contribution in [0, 0.1) is 0 Å². The average Bonchev–Trinajstić information content (AvgIpc) is 3.34. The van der Waals surface area contributed by atoms with Gasteiger partial charge >= 0.3 is 0 Å². The molecule has 2 aromatic carbocycles. The third kappa shape index (κ3) is 5.79. The number of rotatable bonds is 1. The van der Waals surface area contributed by atoms with Gasteiger partial charge in [0.05, 0.1) is 6.33 Å². The molecular weight excluding hydrogens is 276 g/mol. The van der Waals surface area contributed by atoms with Crippen molar-refractivity contribution in [2.24, 2.45) is 0 Å². The highest BCUT2D eigenvalue weighted by atomic mass is 15.5. The highest BCUT2D eigenvalue weighted by Gasteiger charge is 1.91. The molecule has 0 atom stereocenters. The van der Waals surface area contributed by atoms with Crippen molar-refractivity contribution < 1.29 is 0 Å². The number of tetrazole rings is 1. The smallest absolute Gasteiger partial charge is 0.135 e. The number of H-pyrrole nitrogens is 2. The molecule has 0 bridgehead atoms. The van der Waals surface area contributed by atoms with Crippen molar-refractivity contribution in [3.8, 4) is 11.1 Å². The van der Waals surface area contributed by atoms with Gasteiger partial charge in [0.15, 0.2) is 0 Å². The maximum absolute atomic E-state index is 3.67. The molecule has 2 aromatic heterocycles. The fourth-order valence-electron chi connectivity index (χ4n) is 1.61. The molecule has 4 aromatic rings. The largest absolute Gasteiger partial charge is 0.351 e. The molecule has 6 nitrogen and oxygen atoms in total. The summed E-state index contributed by atoms with van der Waals surface area (Å²) < 4.78 is 0. The summed E-state index contributed by atoms with van der Waals surface area (Å²) in [5.41, 5.74) is 2.55.